The lowest BCUT2D eigenvalue weighted by molar-refractivity contribution is -0.225. The molecular weight excluding hydrogens is 424 g/mol. The Kier molecular flexibility index (Phi) is 5.44. The van der Waals surface area contributed by atoms with Crippen molar-refractivity contribution in [1.29, 1.82) is 0 Å². The number of rotatable bonds is 1. The number of hydrogen-bond acceptors (Lipinski definition) is 4. The number of allylic oxidation sites excluding steroid dienone is 2. The molecule has 5 aliphatic carbocycles. The molecule has 0 radical (unpaired) electrons. The molecule has 0 spiro atoms. The monoisotopic (exact) mass is 474 g/mol. The lowest BCUT2D eigenvalue weighted by Crippen LogP contribution is -2.67. The Morgan fingerprint density at radius 1 is 0.794 bits per heavy atom. The molecule has 0 saturated heterocycles. The van der Waals surface area contributed by atoms with E-state index in [2.05, 4.69) is 54.5 Å². The Labute approximate surface area is 207 Å². The second-order valence-electron chi connectivity index (χ2n) is 15.2. The van der Waals surface area contributed by atoms with Crippen LogP contribution in [-0.2, 0) is 0 Å². The predicted molar refractivity (Wildman–Crippen MR) is 135 cm³/mol. The van der Waals surface area contributed by atoms with Gasteiger partial charge in [-0.1, -0.05) is 60.1 Å². The van der Waals surface area contributed by atoms with Gasteiger partial charge in [-0.25, -0.2) is 0 Å². The zero-order chi connectivity index (χ0) is 25.1. The Hall–Kier alpha value is -0.420. The first-order valence-corrected chi connectivity index (χ1v) is 14.0. The molecule has 4 fully saturated rings. The van der Waals surface area contributed by atoms with Crippen molar-refractivity contribution in [3.63, 3.8) is 0 Å². The van der Waals surface area contributed by atoms with Crippen LogP contribution in [0.15, 0.2) is 11.6 Å². The van der Waals surface area contributed by atoms with Gasteiger partial charge in [-0.05, 0) is 90.8 Å². The van der Waals surface area contributed by atoms with Crippen LogP contribution in [0.5, 0.6) is 0 Å². The molecule has 0 heterocycles. The average Bonchev–Trinajstić information content (AvgIpc) is 2.77. The van der Waals surface area contributed by atoms with Gasteiger partial charge >= 0.3 is 0 Å². The maximum Gasteiger partial charge on any atom is 0.0863 e. The summed E-state index contributed by atoms with van der Waals surface area (Å²) in [5, 5.41) is 43.6. The minimum atomic E-state index is -0.685. The maximum absolute atomic E-state index is 11.3. The molecule has 4 saturated carbocycles. The van der Waals surface area contributed by atoms with Gasteiger partial charge in [-0.3, -0.25) is 0 Å². The highest BCUT2D eigenvalue weighted by molar-refractivity contribution is 5.34. The molecule has 0 aliphatic heterocycles. The molecule has 0 aromatic carbocycles. The van der Waals surface area contributed by atoms with Crippen LogP contribution in [-0.4, -0.2) is 45.3 Å². The van der Waals surface area contributed by atoms with Gasteiger partial charge in [0.25, 0.3) is 0 Å². The van der Waals surface area contributed by atoms with E-state index in [-0.39, 0.29) is 33.7 Å². The standard InChI is InChI=1S/C30H50O4/c1-25(2)16-19-18-8-9-21-27(4)12-11-22(32)28(5,17-31)20(27)10-13-30(21,7)29(18,6)15-14-26(19,3)24(34)23(25)33/h8,19-24,31-34H,9-17H2,1-7H3/t19-,20+,21+,22-,23-,24+,26+,27-,28-,29+,30+/m0/s1. The van der Waals surface area contributed by atoms with Gasteiger partial charge in [0.2, 0.25) is 0 Å². The Balaban J connectivity index is 1.58. The van der Waals surface area contributed by atoms with Crippen molar-refractivity contribution in [2.75, 3.05) is 6.61 Å². The molecule has 4 heteroatoms. The van der Waals surface area contributed by atoms with Crippen LogP contribution in [0, 0.1) is 50.2 Å². The van der Waals surface area contributed by atoms with E-state index in [1.165, 1.54) is 0 Å². The summed E-state index contributed by atoms with van der Waals surface area (Å²) in [5.74, 6) is 1.17. The zero-order valence-corrected chi connectivity index (χ0v) is 22.7. The average molecular weight is 475 g/mol. The van der Waals surface area contributed by atoms with Crippen LogP contribution >= 0.6 is 0 Å². The molecule has 5 aliphatic rings. The summed E-state index contributed by atoms with van der Waals surface area (Å²) in [4.78, 5) is 0. The lowest BCUT2D eigenvalue weighted by Gasteiger charge is -2.72. The van der Waals surface area contributed by atoms with Crippen molar-refractivity contribution in [3.05, 3.63) is 11.6 Å². The molecule has 5 rings (SSSR count). The highest BCUT2D eigenvalue weighted by atomic mass is 16.3. The van der Waals surface area contributed by atoms with E-state index in [0.717, 1.165) is 51.4 Å². The van der Waals surface area contributed by atoms with Crippen LogP contribution in [0.2, 0.25) is 0 Å². The number of hydrogen-bond donors (Lipinski definition) is 4. The third-order valence-electron chi connectivity index (χ3n) is 13.5. The fourth-order valence-electron chi connectivity index (χ4n) is 10.7. The van der Waals surface area contributed by atoms with Gasteiger partial charge in [0.15, 0.2) is 0 Å². The Bertz CT molecular complexity index is 881. The molecule has 0 unspecified atom stereocenters. The van der Waals surface area contributed by atoms with Gasteiger partial charge in [0, 0.05) is 10.8 Å². The summed E-state index contributed by atoms with van der Waals surface area (Å²) in [6.45, 7) is 16.2. The zero-order valence-electron chi connectivity index (χ0n) is 22.7. The van der Waals surface area contributed by atoms with Crippen molar-refractivity contribution in [2.45, 2.75) is 118 Å². The van der Waals surface area contributed by atoms with Crippen LogP contribution < -0.4 is 0 Å². The summed E-state index contributed by atoms with van der Waals surface area (Å²) in [5.41, 5.74) is 0.920. The van der Waals surface area contributed by atoms with Crippen molar-refractivity contribution in [1.82, 2.24) is 0 Å². The normalized spacial score (nSPS) is 58.6. The molecule has 0 amide bonds. The van der Waals surface area contributed by atoms with Crippen LogP contribution in [0.3, 0.4) is 0 Å². The van der Waals surface area contributed by atoms with E-state index in [1.54, 1.807) is 5.57 Å². The van der Waals surface area contributed by atoms with E-state index in [9.17, 15) is 20.4 Å². The fraction of sp³-hybridized carbons (Fsp3) is 0.933. The topological polar surface area (TPSA) is 80.9 Å². The quantitative estimate of drug-likeness (QED) is 0.399. The number of aliphatic hydroxyl groups is 4. The molecule has 4 nitrogen and oxygen atoms in total. The van der Waals surface area contributed by atoms with Gasteiger partial charge in [-0.2, -0.15) is 0 Å². The summed E-state index contributed by atoms with van der Waals surface area (Å²) in [6, 6.07) is 0. The highest BCUT2D eigenvalue weighted by Gasteiger charge is 2.69. The molecule has 34 heavy (non-hydrogen) atoms. The summed E-state index contributed by atoms with van der Waals surface area (Å²) in [7, 11) is 0. The van der Waals surface area contributed by atoms with E-state index in [1.807, 2.05) is 0 Å². The molecule has 4 N–H and O–H groups in total. The van der Waals surface area contributed by atoms with E-state index >= 15 is 0 Å². The second-order valence-corrected chi connectivity index (χ2v) is 15.2. The fourth-order valence-corrected chi connectivity index (χ4v) is 10.7. The predicted octanol–water partition coefficient (Wildman–Crippen LogP) is 5.08. The van der Waals surface area contributed by atoms with Gasteiger partial charge in [0.05, 0.1) is 24.9 Å². The number of fused-ring (bicyclic) bond motifs is 7. The first-order valence-electron chi connectivity index (χ1n) is 14.0. The van der Waals surface area contributed by atoms with E-state index < -0.39 is 23.7 Å². The smallest absolute Gasteiger partial charge is 0.0863 e. The van der Waals surface area contributed by atoms with Crippen molar-refractivity contribution in [3.8, 4) is 0 Å². The van der Waals surface area contributed by atoms with Crippen LogP contribution in [0.4, 0.5) is 0 Å². The molecule has 11 atom stereocenters. The largest absolute Gasteiger partial charge is 0.396 e. The third-order valence-corrected chi connectivity index (χ3v) is 13.5. The molecule has 0 aromatic rings. The highest BCUT2D eigenvalue weighted by Crippen LogP contribution is 2.75. The molecule has 0 aromatic heterocycles. The van der Waals surface area contributed by atoms with Gasteiger partial charge in [0.1, 0.15) is 0 Å². The summed E-state index contributed by atoms with van der Waals surface area (Å²) < 4.78 is 0. The summed E-state index contributed by atoms with van der Waals surface area (Å²) in [6.07, 6.45) is 8.79. The minimum absolute atomic E-state index is 0.0614. The molecular formula is C30H50O4. The minimum Gasteiger partial charge on any atom is -0.396 e. The van der Waals surface area contributed by atoms with Crippen molar-refractivity contribution < 1.29 is 20.4 Å². The van der Waals surface area contributed by atoms with E-state index in [0.29, 0.717) is 17.8 Å². The maximum atomic E-state index is 11.3. The molecule has 194 valence electrons. The third kappa shape index (κ3) is 2.81. The summed E-state index contributed by atoms with van der Waals surface area (Å²) >= 11 is 0. The van der Waals surface area contributed by atoms with Crippen LogP contribution in [0.1, 0.15) is 99.8 Å². The lowest BCUT2D eigenvalue weighted by atomic mass is 9.33. The second kappa shape index (κ2) is 7.33. The van der Waals surface area contributed by atoms with Gasteiger partial charge < -0.3 is 20.4 Å². The van der Waals surface area contributed by atoms with E-state index in [4.69, 9.17) is 0 Å². The number of aliphatic hydroxyl groups excluding tert-OH is 4. The molecule has 0 bridgehead atoms. The van der Waals surface area contributed by atoms with Gasteiger partial charge in [-0.15, -0.1) is 0 Å². The Morgan fingerprint density at radius 2 is 1.47 bits per heavy atom. The van der Waals surface area contributed by atoms with Crippen molar-refractivity contribution in [2.24, 2.45) is 50.2 Å². The SMILES string of the molecule is CC1(C)C[C@H]2C3=CC[C@@H]4[C@@]5(C)CC[C@H](O)[C@@](C)(CO)[C@@H]5CC[C@@]4(C)[C@]3(C)CC[C@@]2(C)[C@H](O)[C@@H]1O. The Morgan fingerprint density at radius 3 is 2.12 bits per heavy atom. The first kappa shape index (κ1) is 25.2. The van der Waals surface area contributed by atoms with Crippen molar-refractivity contribution >= 4 is 0 Å². The van der Waals surface area contributed by atoms with Crippen LogP contribution in [0.25, 0.3) is 0 Å². The first-order chi connectivity index (χ1) is 15.6.